The summed E-state index contributed by atoms with van der Waals surface area (Å²) in [6, 6.07) is 5.84. The first-order chi connectivity index (χ1) is 9.43. The number of rotatable bonds is 4. The van der Waals surface area contributed by atoms with Gasteiger partial charge in [0.05, 0.1) is 7.11 Å². The van der Waals surface area contributed by atoms with E-state index < -0.39 is 0 Å². The molecule has 0 saturated carbocycles. The minimum absolute atomic E-state index is 0.516. The largest absolute Gasteiger partial charge is 0.496 e. The Morgan fingerprint density at radius 3 is 2.70 bits per heavy atom. The zero-order chi connectivity index (χ0) is 14.9. The van der Waals surface area contributed by atoms with Crippen molar-refractivity contribution >= 4 is 21.7 Å². The summed E-state index contributed by atoms with van der Waals surface area (Å²) in [4.78, 5) is 4.62. The molecule has 1 aromatic heterocycles. The number of nitrogens with zero attached hydrogens (tertiary/aromatic N) is 2. The zero-order valence-electron chi connectivity index (χ0n) is 12.3. The first-order valence-corrected chi connectivity index (χ1v) is 7.39. The summed E-state index contributed by atoms with van der Waals surface area (Å²) in [7, 11) is 1.65. The molecule has 0 radical (unpaired) electrons. The Labute approximate surface area is 128 Å². The second-order valence-electron chi connectivity index (χ2n) is 5.24. The molecule has 108 valence electrons. The molecule has 0 spiro atoms. The van der Waals surface area contributed by atoms with Crippen molar-refractivity contribution in [3.63, 3.8) is 0 Å². The van der Waals surface area contributed by atoms with Crippen molar-refractivity contribution in [1.82, 2.24) is 9.55 Å². The van der Waals surface area contributed by atoms with Crippen molar-refractivity contribution in [3.8, 4) is 17.0 Å². The van der Waals surface area contributed by atoms with Gasteiger partial charge in [-0.05, 0) is 31.0 Å². The van der Waals surface area contributed by atoms with E-state index in [-0.39, 0.29) is 0 Å². The van der Waals surface area contributed by atoms with Crippen LogP contribution in [0.15, 0.2) is 22.7 Å². The first-order valence-electron chi connectivity index (χ1n) is 6.60. The fraction of sp³-hybridized carbons (Fsp3) is 0.400. The highest BCUT2D eigenvalue weighted by Crippen LogP contribution is 2.35. The number of methoxy groups -OCH3 is 1. The number of benzene rings is 1. The number of halogens is 1. The van der Waals surface area contributed by atoms with Crippen LogP contribution < -0.4 is 10.5 Å². The van der Waals surface area contributed by atoms with Crippen molar-refractivity contribution in [2.24, 2.45) is 5.92 Å². The van der Waals surface area contributed by atoms with Crippen LogP contribution in [0.3, 0.4) is 0 Å². The van der Waals surface area contributed by atoms with Crippen molar-refractivity contribution in [2.75, 3.05) is 12.8 Å². The quantitative estimate of drug-likeness (QED) is 0.921. The Morgan fingerprint density at radius 2 is 2.10 bits per heavy atom. The van der Waals surface area contributed by atoms with Crippen molar-refractivity contribution < 1.29 is 4.74 Å². The van der Waals surface area contributed by atoms with E-state index >= 15 is 0 Å². The number of nitrogens with two attached hydrogens (primary N) is 1. The molecule has 2 N–H and O–H groups in total. The lowest BCUT2D eigenvalue weighted by Gasteiger charge is -2.11. The summed E-state index contributed by atoms with van der Waals surface area (Å²) in [5, 5.41) is 0. The number of aromatic nitrogens is 2. The van der Waals surface area contributed by atoms with E-state index in [0.717, 1.165) is 33.8 Å². The molecule has 4 nitrogen and oxygen atoms in total. The molecule has 0 bridgehead atoms. The molecule has 20 heavy (non-hydrogen) atoms. The normalized spacial score (nSPS) is 11.1. The van der Waals surface area contributed by atoms with Crippen molar-refractivity contribution in [3.05, 3.63) is 28.5 Å². The summed E-state index contributed by atoms with van der Waals surface area (Å²) < 4.78 is 8.45. The average molecular weight is 338 g/mol. The average Bonchev–Trinajstić information content (AvgIpc) is 2.66. The molecule has 0 amide bonds. The summed E-state index contributed by atoms with van der Waals surface area (Å²) in [5.41, 5.74) is 7.97. The molecule has 0 aliphatic heterocycles. The maximum Gasteiger partial charge on any atom is 0.131 e. The monoisotopic (exact) mass is 337 g/mol. The predicted octanol–water partition coefficient (Wildman–Crippen LogP) is 3.87. The van der Waals surface area contributed by atoms with Crippen LogP contribution in [0, 0.1) is 12.8 Å². The second kappa shape index (κ2) is 5.87. The third kappa shape index (κ3) is 2.82. The van der Waals surface area contributed by atoms with Gasteiger partial charge in [0.25, 0.3) is 0 Å². The number of aryl methyl sites for hydroxylation is 1. The topological polar surface area (TPSA) is 53.1 Å². The van der Waals surface area contributed by atoms with Crippen LogP contribution in [0.25, 0.3) is 11.3 Å². The predicted molar refractivity (Wildman–Crippen MR) is 85.9 cm³/mol. The summed E-state index contributed by atoms with van der Waals surface area (Å²) in [6.07, 6.45) is 0. The number of ether oxygens (including phenoxy) is 1. The van der Waals surface area contributed by atoms with Crippen LogP contribution in [0.5, 0.6) is 5.75 Å². The summed E-state index contributed by atoms with van der Waals surface area (Å²) in [5.74, 6) is 2.90. The van der Waals surface area contributed by atoms with Crippen LogP contribution in [0.2, 0.25) is 0 Å². The molecule has 2 aromatic rings. The van der Waals surface area contributed by atoms with E-state index in [9.17, 15) is 0 Å². The van der Waals surface area contributed by atoms with Gasteiger partial charge in [-0.25, -0.2) is 4.98 Å². The highest BCUT2D eigenvalue weighted by molar-refractivity contribution is 9.10. The van der Waals surface area contributed by atoms with Gasteiger partial charge in [0, 0.05) is 16.6 Å². The van der Waals surface area contributed by atoms with Gasteiger partial charge in [-0.2, -0.15) is 0 Å². The molecule has 0 unspecified atom stereocenters. The molecule has 0 aliphatic carbocycles. The van der Waals surface area contributed by atoms with Crippen LogP contribution in [0.4, 0.5) is 5.82 Å². The standard InChI is InChI=1S/C15H20BrN3O/c1-9(2)8-19-10(3)18-14(15(19)17)12-7-11(16)5-6-13(12)20-4/h5-7,9H,8,17H2,1-4H3. The van der Waals surface area contributed by atoms with Crippen molar-refractivity contribution in [2.45, 2.75) is 27.3 Å². The summed E-state index contributed by atoms with van der Waals surface area (Å²) in [6.45, 7) is 7.17. The molecule has 0 saturated heterocycles. The minimum atomic E-state index is 0.516. The van der Waals surface area contributed by atoms with Gasteiger partial charge in [0.15, 0.2) is 0 Å². The van der Waals surface area contributed by atoms with E-state index in [2.05, 4.69) is 39.3 Å². The Bertz CT molecular complexity index is 620. The van der Waals surface area contributed by atoms with E-state index in [0.29, 0.717) is 11.7 Å². The molecule has 0 fully saturated rings. The lowest BCUT2D eigenvalue weighted by molar-refractivity contribution is 0.416. The second-order valence-corrected chi connectivity index (χ2v) is 6.16. The highest BCUT2D eigenvalue weighted by atomic mass is 79.9. The van der Waals surface area contributed by atoms with Crippen LogP contribution >= 0.6 is 15.9 Å². The number of hydrogen-bond donors (Lipinski definition) is 1. The van der Waals surface area contributed by atoms with Gasteiger partial charge < -0.3 is 15.0 Å². The Kier molecular flexibility index (Phi) is 4.38. The number of anilines is 1. The van der Waals surface area contributed by atoms with Gasteiger partial charge in [0.2, 0.25) is 0 Å². The Morgan fingerprint density at radius 1 is 1.40 bits per heavy atom. The maximum atomic E-state index is 6.29. The van der Waals surface area contributed by atoms with Crippen LogP contribution in [0.1, 0.15) is 19.7 Å². The molecule has 1 aromatic carbocycles. The maximum absolute atomic E-state index is 6.29. The van der Waals surface area contributed by atoms with E-state index in [1.807, 2.05) is 25.1 Å². The fourth-order valence-electron chi connectivity index (χ4n) is 2.24. The Hall–Kier alpha value is -1.49. The van der Waals surface area contributed by atoms with Gasteiger partial charge in [0.1, 0.15) is 23.1 Å². The number of hydrogen-bond acceptors (Lipinski definition) is 3. The van der Waals surface area contributed by atoms with E-state index in [1.165, 1.54) is 0 Å². The third-order valence-electron chi connectivity index (χ3n) is 3.16. The molecule has 0 aliphatic rings. The molecular weight excluding hydrogens is 318 g/mol. The van der Waals surface area contributed by atoms with Crippen LogP contribution in [-0.4, -0.2) is 16.7 Å². The molecular formula is C15H20BrN3O. The van der Waals surface area contributed by atoms with E-state index in [4.69, 9.17) is 10.5 Å². The Balaban J connectivity index is 2.56. The third-order valence-corrected chi connectivity index (χ3v) is 3.66. The SMILES string of the molecule is COc1ccc(Br)cc1-c1nc(C)n(CC(C)C)c1N. The smallest absolute Gasteiger partial charge is 0.131 e. The molecule has 1 heterocycles. The molecule has 0 atom stereocenters. The fourth-order valence-corrected chi connectivity index (χ4v) is 2.60. The highest BCUT2D eigenvalue weighted by Gasteiger charge is 2.17. The van der Waals surface area contributed by atoms with Crippen molar-refractivity contribution in [1.29, 1.82) is 0 Å². The van der Waals surface area contributed by atoms with Gasteiger partial charge in [-0.15, -0.1) is 0 Å². The number of imidazole rings is 1. The summed E-state index contributed by atoms with van der Waals surface area (Å²) >= 11 is 3.48. The zero-order valence-corrected chi connectivity index (χ0v) is 13.9. The first kappa shape index (κ1) is 14.9. The van der Waals surface area contributed by atoms with Gasteiger partial charge in [-0.1, -0.05) is 29.8 Å². The van der Waals surface area contributed by atoms with Crippen LogP contribution in [-0.2, 0) is 6.54 Å². The lowest BCUT2D eigenvalue weighted by Crippen LogP contribution is -2.09. The number of nitrogen functional groups attached to an aromatic ring is 1. The minimum Gasteiger partial charge on any atom is -0.496 e. The van der Waals surface area contributed by atoms with Gasteiger partial charge in [-0.3, -0.25) is 0 Å². The molecule has 5 heteroatoms. The van der Waals surface area contributed by atoms with Gasteiger partial charge >= 0.3 is 0 Å². The lowest BCUT2D eigenvalue weighted by atomic mass is 10.1. The van der Waals surface area contributed by atoms with E-state index in [1.54, 1.807) is 7.11 Å². The molecule has 2 rings (SSSR count).